The van der Waals surface area contributed by atoms with Crippen LogP contribution in [0.3, 0.4) is 0 Å². The van der Waals surface area contributed by atoms with E-state index in [1.807, 2.05) is 0 Å². The first-order valence-electron chi connectivity index (χ1n) is 18.0. The van der Waals surface area contributed by atoms with Crippen LogP contribution in [0.4, 0.5) is 0 Å². The molecule has 0 aromatic heterocycles. The molecule has 10 rings (SSSR count). The summed E-state index contributed by atoms with van der Waals surface area (Å²) < 4.78 is 0. The van der Waals surface area contributed by atoms with E-state index in [2.05, 4.69) is 206 Å². The van der Waals surface area contributed by atoms with Gasteiger partial charge in [-0.1, -0.05) is 200 Å². The van der Waals surface area contributed by atoms with Crippen molar-refractivity contribution >= 4 is 43.1 Å². The number of hydrogen-bond acceptors (Lipinski definition) is 0. The van der Waals surface area contributed by atoms with Gasteiger partial charge in [-0.25, -0.2) is 0 Å². The van der Waals surface area contributed by atoms with E-state index in [1.54, 1.807) is 0 Å². The monoisotopic (exact) mass is 658 g/mol. The lowest BCUT2D eigenvalue weighted by Crippen LogP contribution is -1.94. The van der Waals surface area contributed by atoms with E-state index < -0.39 is 0 Å². The summed E-state index contributed by atoms with van der Waals surface area (Å²) in [5, 5.41) is 10.1. The highest BCUT2D eigenvalue weighted by molar-refractivity contribution is 6.26. The first-order chi connectivity index (χ1) is 25.8. The molecule has 0 N–H and O–H groups in total. The smallest absolute Gasteiger partial charge is 0.00141 e. The van der Waals surface area contributed by atoms with E-state index in [0.29, 0.717) is 0 Å². The van der Waals surface area contributed by atoms with Gasteiger partial charge in [0, 0.05) is 0 Å². The van der Waals surface area contributed by atoms with Crippen molar-refractivity contribution in [2.45, 2.75) is 0 Å². The van der Waals surface area contributed by atoms with Gasteiger partial charge in [0.2, 0.25) is 0 Å². The van der Waals surface area contributed by atoms with Gasteiger partial charge in [-0.2, -0.15) is 0 Å². The Morgan fingerprint density at radius 3 is 1.35 bits per heavy atom. The molecule has 0 aliphatic rings. The van der Waals surface area contributed by atoms with Crippen LogP contribution in [0.2, 0.25) is 0 Å². The van der Waals surface area contributed by atoms with Gasteiger partial charge >= 0.3 is 0 Å². The third kappa shape index (κ3) is 5.00. The summed E-state index contributed by atoms with van der Waals surface area (Å²) in [5.74, 6) is 0. The van der Waals surface area contributed by atoms with Crippen molar-refractivity contribution in [3.8, 4) is 55.6 Å². The Hall–Kier alpha value is -6.76. The fraction of sp³-hybridized carbons (Fsp3) is 0. The van der Waals surface area contributed by atoms with Gasteiger partial charge in [-0.3, -0.25) is 0 Å². The molecule has 10 aromatic carbocycles. The van der Waals surface area contributed by atoms with Crippen LogP contribution in [0.25, 0.3) is 98.7 Å². The minimum absolute atomic E-state index is 1.21. The zero-order chi connectivity index (χ0) is 34.4. The number of hydrogen-bond donors (Lipinski definition) is 0. The zero-order valence-corrected chi connectivity index (χ0v) is 28.6. The van der Waals surface area contributed by atoms with Crippen LogP contribution in [0.1, 0.15) is 0 Å². The summed E-state index contributed by atoms with van der Waals surface area (Å²) in [4.78, 5) is 0. The first-order valence-corrected chi connectivity index (χ1v) is 18.0. The van der Waals surface area contributed by atoms with Crippen LogP contribution in [-0.2, 0) is 0 Å². The fourth-order valence-corrected chi connectivity index (χ4v) is 8.29. The summed E-state index contributed by atoms with van der Waals surface area (Å²) in [6.07, 6.45) is 0. The molecule has 0 saturated heterocycles. The number of fused-ring (bicyclic) bond motifs is 4. The van der Waals surface area contributed by atoms with Crippen LogP contribution in [-0.4, -0.2) is 0 Å². The Bertz CT molecular complexity index is 2920. The average molecular weight is 659 g/mol. The Kier molecular flexibility index (Phi) is 7.25. The average Bonchev–Trinajstić information content (AvgIpc) is 3.22. The normalized spacial score (nSPS) is 11.5. The van der Waals surface area contributed by atoms with Gasteiger partial charge in [0.15, 0.2) is 0 Å². The second-order valence-electron chi connectivity index (χ2n) is 13.6. The maximum atomic E-state index is 2.38. The van der Waals surface area contributed by atoms with Crippen LogP contribution in [0.15, 0.2) is 206 Å². The Morgan fingerprint density at radius 1 is 0.212 bits per heavy atom. The number of benzene rings is 10. The molecule has 0 fully saturated rings. The Balaban J connectivity index is 1.30. The second-order valence-corrected chi connectivity index (χ2v) is 13.6. The van der Waals surface area contributed by atoms with Crippen LogP contribution < -0.4 is 0 Å². The molecule has 0 aliphatic heterocycles. The molecule has 0 spiro atoms. The molecular weight excluding hydrogens is 625 g/mol. The molecule has 0 radical (unpaired) electrons. The molecular formula is C52H34. The van der Waals surface area contributed by atoms with Gasteiger partial charge in [-0.05, 0) is 105 Å². The van der Waals surface area contributed by atoms with Gasteiger partial charge in [0.1, 0.15) is 0 Å². The highest BCUT2D eigenvalue weighted by Gasteiger charge is 2.21. The minimum atomic E-state index is 1.21. The van der Waals surface area contributed by atoms with Crippen LogP contribution >= 0.6 is 0 Å². The van der Waals surface area contributed by atoms with Gasteiger partial charge in [-0.15, -0.1) is 0 Å². The standard InChI is InChI=1S/C52H34/c1-2-14-35(15-3-1)36-30-32-39(33-31-36)50-47-24-8-9-25-48(47)51(46-28-12-19-38-17-5-7-23-43(38)46)49-29-13-27-45(52(49)50)41-21-10-20-40(34-41)44-26-11-18-37-16-4-6-22-42(37)44/h1-34H. The lowest BCUT2D eigenvalue weighted by atomic mass is 9.82. The molecule has 10 aromatic rings. The van der Waals surface area contributed by atoms with Gasteiger partial charge in [0.25, 0.3) is 0 Å². The SMILES string of the molecule is c1ccc(-c2ccc(-c3c4ccccc4c(-c4cccc5ccccc45)c4cccc(-c5cccc(-c6cccc7ccccc67)c5)c34)cc2)cc1. The Morgan fingerprint density at radius 2 is 0.635 bits per heavy atom. The van der Waals surface area contributed by atoms with E-state index in [1.165, 1.54) is 98.7 Å². The number of rotatable bonds is 5. The van der Waals surface area contributed by atoms with Crippen molar-refractivity contribution in [3.05, 3.63) is 206 Å². The zero-order valence-electron chi connectivity index (χ0n) is 28.6. The molecule has 52 heavy (non-hydrogen) atoms. The van der Waals surface area contributed by atoms with Crippen molar-refractivity contribution in [1.82, 2.24) is 0 Å². The van der Waals surface area contributed by atoms with Crippen molar-refractivity contribution in [2.24, 2.45) is 0 Å². The Labute approximate surface area is 303 Å². The van der Waals surface area contributed by atoms with E-state index in [4.69, 9.17) is 0 Å². The highest BCUT2D eigenvalue weighted by atomic mass is 14.2. The molecule has 0 aliphatic carbocycles. The summed E-state index contributed by atoms with van der Waals surface area (Å²) in [5.41, 5.74) is 12.4. The summed E-state index contributed by atoms with van der Waals surface area (Å²) in [6.45, 7) is 0. The molecule has 242 valence electrons. The molecule has 0 atom stereocenters. The summed E-state index contributed by atoms with van der Waals surface area (Å²) in [6, 6.07) is 75.6. The van der Waals surface area contributed by atoms with Crippen LogP contribution in [0.5, 0.6) is 0 Å². The van der Waals surface area contributed by atoms with Crippen molar-refractivity contribution in [3.63, 3.8) is 0 Å². The van der Waals surface area contributed by atoms with E-state index in [0.717, 1.165) is 0 Å². The largest absolute Gasteiger partial charge is 0.0622 e. The lowest BCUT2D eigenvalue weighted by molar-refractivity contribution is 1.60. The molecule has 0 nitrogen and oxygen atoms in total. The van der Waals surface area contributed by atoms with Gasteiger partial charge < -0.3 is 0 Å². The topological polar surface area (TPSA) is 0 Å². The third-order valence-corrected chi connectivity index (χ3v) is 10.7. The van der Waals surface area contributed by atoms with E-state index >= 15 is 0 Å². The predicted molar refractivity (Wildman–Crippen MR) is 224 cm³/mol. The summed E-state index contributed by atoms with van der Waals surface area (Å²) in [7, 11) is 0. The van der Waals surface area contributed by atoms with E-state index in [9.17, 15) is 0 Å². The van der Waals surface area contributed by atoms with Crippen LogP contribution in [0, 0.1) is 0 Å². The van der Waals surface area contributed by atoms with Crippen molar-refractivity contribution < 1.29 is 0 Å². The summed E-state index contributed by atoms with van der Waals surface area (Å²) >= 11 is 0. The molecule has 0 saturated carbocycles. The van der Waals surface area contributed by atoms with Crippen molar-refractivity contribution in [2.75, 3.05) is 0 Å². The molecule has 0 heterocycles. The highest BCUT2D eigenvalue weighted by Crippen LogP contribution is 2.48. The fourth-order valence-electron chi connectivity index (χ4n) is 8.29. The second kappa shape index (κ2) is 12.5. The maximum absolute atomic E-state index is 2.38. The maximum Gasteiger partial charge on any atom is -0.00141 e. The third-order valence-electron chi connectivity index (χ3n) is 10.7. The van der Waals surface area contributed by atoms with Crippen molar-refractivity contribution in [1.29, 1.82) is 0 Å². The predicted octanol–water partition coefficient (Wildman–Crippen LogP) is 14.6. The quantitative estimate of drug-likeness (QED) is 0.161. The minimum Gasteiger partial charge on any atom is -0.0622 e. The molecule has 0 bridgehead atoms. The van der Waals surface area contributed by atoms with E-state index in [-0.39, 0.29) is 0 Å². The molecule has 0 unspecified atom stereocenters. The first kappa shape index (κ1) is 30.1. The molecule has 0 heteroatoms. The molecule has 0 amide bonds. The lowest BCUT2D eigenvalue weighted by Gasteiger charge is -2.21. The van der Waals surface area contributed by atoms with Gasteiger partial charge in [0.05, 0.1) is 0 Å².